The van der Waals surface area contributed by atoms with Crippen molar-refractivity contribution in [2.45, 2.75) is 26.7 Å². The lowest BCUT2D eigenvalue weighted by Crippen LogP contribution is -2.33. The molecule has 5 heteroatoms. The van der Waals surface area contributed by atoms with Crippen molar-refractivity contribution >= 4 is 39.0 Å². The zero-order valence-corrected chi connectivity index (χ0v) is 13.1. The molecule has 1 aromatic rings. The number of unbranched alkanes of at least 4 members (excludes halogenated alkanes) is 1. The van der Waals surface area contributed by atoms with Crippen LogP contribution in [0.4, 0.5) is 0 Å². The minimum atomic E-state index is 0.565. The number of benzene rings is 1. The molecule has 0 aliphatic rings. The van der Waals surface area contributed by atoms with E-state index < -0.39 is 0 Å². The smallest absolute Gasteiger partial charge is 0.186 e. The topological polar surface area (TPSA) is 36.4 Å². The number of nitrogens with one attached hydrogen (secondary N) is 2. The van der Waals surface area contributed by atoms with Crippen molar-refractivity contribution in [1.82, 2.24) is 10.7 Å². The second-order valence-electron chi connectivity index (χ2n) is 3.90. The zero-order valence-electron chi connectivity index (χ0n) is 10.7. The molecule has 0 fully saturated rings. The van der Waals surface area contributed by atoms with Gasteiger partial charge in [0.2, 0.25) is 0 Å². The van der Waals surface area contributed by atoms with E-state index in [-0.39, 0.29) is 0 Å². The molecule has 1 rings (SSSR count). The Morgan fingerprint density at radius 2 is 2.11 bits per heavy atom. The molecule has 18 heavy (non-hydrogen) atoms. The average molecular weight is 328 g/mol. The van der Waals surface area contributed by atoms with Crippen LogP contribution >= 0.6 is 28.1 Å². The molecule has 3 nitrogen and oxygen atoms in total. The average Bonchev–Trinajstić information content (AvgIpc) is 2.37. The van der Waals surface area contributed by atoms with Gasteiger partial charge >= 0.3 is 0 Å². The van der Waals surface area contributed by atoms with E-state index in [2.05, 4.69) is 38.7 Å². The van der Waals surface area contributed by atoms with Crippen LogP contribution < -0.4 is 10.7 Å². The van der Waals surface area contributed by atoms with Crippen molar-refractivity contribution in [1.29, 1.82) is 0 Å². The molecule has 0 saturated carbocycles. The monoisotopic (exact) mass is 327 g/mol. The van der Waals surface area contributed by atoms with Gasteiger partial charge in [-0.25, -0.2) is 0 Å². The van der Waals surface area contributed by atoms with Crippen LogP contribution in [0.1, 0.15) is 32.3 Å². The molecule has 0 amide bonds. The van der Waals surface area contributed by atoms with E-state index in [0.29, 0.717) is 5.11 Å². The first-order valence-corrected chi connectivity index (χ1v) is 7.18. The zero-order chi connectivity index (χ0) is 13.4. The van der Waals surface area contributed by atoms with Crippen molar-refractivity contribution < 1.29 is 0 Å². The van der Waals surface area contributed by atoms with Gasteiger partial charge in [0.15, 0.2) is 5.11 Å². The van der Waals surface area contributed by atoms with E-state index in [0.717, 1.165) is 35.1 Å². The van der Waals surface area contributed by atoms with Crippen LogP contribution in [0.5, 0.6) is 0 Å². The third kappa shape index (κ3) is 5.14. The summed E-state index contributed by atoms with van der Waals surface area (Å²) in [6.07, 6.45) is 2.25. The van der Waals surface area contributed by atoms with Crippen LogP contribution in [-0.2, 0) is 0 Å². The molecule has 0 atom stereocenters. The van der Waals surface area contributed by atoms with Gasteiger partial charge in [-0.1, -0.05) is 47.5 Å². The maximum Gasteiger partial charge on any atom is 0.186 e. The Balaban J connectivity index is 2.52. The highest BCUT2D eigenvalue weighted by Crippen LogP contribution is 2.16. The van der Waals surface area contributed by atoms with E-state index in [9.17, 15) is 0 Å². The summed E-state index contributed by atoms with van der Waals surface area (Å²) in [6.45, 7) is 4.97. The predicted molar refractivity (Wildman–Crippen MR) is 85.0 cm³/mol. The first-order valence-electron chi connectivity index (χ1n) is 5.98. The molecule has 1 aromatic carbocycles. The summed E-state index contributed by atoms with van der Waals surface area (Å²) in [6, 6.07) is 7.96. The fourth-order valence-corrected chi connectivity index (χ4v) is 2.09. The number of hydrazone groups is 1. The van der Waals surface area contributed by atoms with E-state index in [1.54, 1.807) is 0 Å². The Morgan fingerprint density at radius 3 is 2.78 bits per heavy atom. The highest BCUT2D eigenvalue weighted by atomic mass is 79.9. The Morgan fingerprint density at radius 1 is 1.39 bits per heavy atom. The summed E-state index contributed by atoms with van der Waals surface area (Å²) < 4.78 is 1.03. The van der Waals surface area contributed by atoms with Crippen molar-refractivity contribution in [3.05, 3.63) is 34.3 Å². The Labute approximate surface area is 122 Å². The van der Waals surface area contributed by atoms with Gasteiger partial charge in [-0.3, -0.25) is 5.43 Å². The molecule has 0 spiro atoms. The Kier molecular flexibility index (Phi) is 6.90. The van der Waals surface area contributed by atoms with E-state index in [1.807, 2.05) is 31.2 Å². The minimum Gasteiger partial charge on any atom is -0.361 e. The van der Waals surface area contributed by atoms with Crippen LogP contribution in [-0.4, -0.2) is 17.4 Å². The van der Waals surface area contributed by atoms with Crippen LogP contribution in [0.2, 0.25) is 0 Å². The Hall–Kier alpha value is -0.940. The standard InChI is InChI=1S/C13H18BrN3S/c1-3-4-9-15-13(18)17-16-10(2)11-7-5-6-8-12(11)14/h5-8H,3-4,9H2,1-2H3,(H2,15,17,18)/b16-10-. The molecule has 0 saturated heterocycles. The van der Waals surface area contributed by atoms with Gasteiger partial charge in [0, 0.05) is 16.6 Å². The summed E-state index contributed by atoms with van der Waals surface area (Å²) in [7, 11) is 0. The number of hydrogen-bond donors (Lipinski definition) is 2. The molecule has 0 aliphatic carbocycles. The fraction of sp³-hybridized carbons (Fsp3) is 0.385. The molecule has 0 aromatic heterocycles. The maximum atomic E-state index is 5.13. The van der Waals surface area contributed by atoms with Crippen molar-refractivity contribution in [3.63, 3.8) is 0 Å². The van der Waals surface area contributed by atoms with Crippen molar-refractivity contribution in [3.8, 4) is 0 Å². The summed E-state index contributed by atoms with van der Waals surface area (Å²) in [5.74, 6) is 0. The van der Waals surface area contributed by atoms with Crippen LogP contribution in [0.3, 0.4) is 0 Å². The van der Waals surface area contributed by atoms with Gasteiger partial charge in [-0.15, -0.1) is 0 Å². The van der Waals surface area contributed by atoms with Gasteiger partial charge in [0.05, 0.1) is 5.71 Å². The molecular weight excluding hydrogens is 310 g/mol. The van der Waals surface area contributed by atoms with Gasteiger partial charge in [0.1, 0.15) is 0 Å². The fourth-order valence-electron chi connectivity index (χ4n) is 1.37. The SMILES string of the molecule is CCCCNC(=S)N/N=C(/C)c1ccccc1Br. The van der Waals surface area contributed by atoms with Crippen LogP contribution in [0, 0.1) is 0 Å². The van der Waals surface area contributed by atoms with Crippen LogP contribution in [0.25, 0.3) is 0 Å². The molecule has 98 valence electrons. The summed E-state index contributed by atoms with van der Waals surface area (Å²) in [4.78, 5) is 0. The third-order valence-electron chi connectivity index (χ3n) is 2.40. The molecule has 0 heterocycles. The molecular formula is C13H18BrN3S. The molecule has 0 aliphatic heterocycles. The van der Waals surface area contributed by atoms with E-state index in [1.165, 1.54) is 0 Å². The quantitative estimate of drug-likeness (QED) is 0.376. The molecule has 0 radical (unpaired) electrons. The molecule has 0 unspecified atom stereocenters. The Bertz CT molecular complexity index is 432. The van der Waals surface area contributed by atoms with E-state index >= 15 is 0 Å². The van der Waals surface area contributed by atoms with E-state index in [4.69, 9.17) is 12.2 Å². The third-order valence-corrected chi connectivity index (χ3v) is 3.33. The normalized spacial score (nSPS) is 11.2. The van der Waals surface area contributed by atoms with Gasteiger partial charge < -0.3 is 5.32 Å². The predicted octanol–water partition coefficient (Wildman–Crippen LogP) is 3.44. The van der Waals surface area contributed by atoms with Crippen molar-refractivity contribution in [2.24, 2.45) is 5.10 Å². The first kappa shape index (κ1) is 15.1. The lowest BCUT2D eigenvalue weighted by atomic mass is 10.1. The van der Waals surface area contributed by atoms with Crippen LogP contribution in [0.15, 0.2) is 33.8 Å². The second-order valence-corrected chi connectivity index (χ2v) is 5.16. The first-order chi connectivity index (χ1) is 8.65. The summed E-state index contributed by atoms with van der Waals surface area (Å²) in [5.41, 5.74) is 4.80. The summed E-state index contributed by atoms with van der Waals surface area (Å²) in [5, 5.41) is 7.94. The lowest BCUT2D eigenvalue weighted by Gasteiger charge is -2.08. The van der Waals surface area contributed by atoms with Gasteiger partial charge in [-0.05, 0) is 31.6 Å². The summed E-state index contributed by atoms with van der Waals surface area (Å²) >= 11 is 8.63. The number of thiocarbonyl (C=S) groups is 1. The highest BCUT2D eigenvalue weighted by Gasteiger charge is 2.02. The second kappa shape index (κ2) is 8.21. The number of halogens is 1. The molecule has 0 bridgehead atoms. The number of nitrogens with zero attached hydrogens (tertiary/aromatic N) is 1. The number of hydrogen-bond acceptors (Lipinski definition) is 2. The highest BCUT2D eigenvalue weighted by molar-refractivity contribution is 9.10. The minimum absolute atomic E-state index is 0.565. The number of rotatable bonds is 5. The largest absolute Gasteiger partial charge is 0.361 e. The lowest BCUT2D eigenvalue weighted by molar-refractivity contribution is 0.745. The molecule has 2 N–H and O–H groups in total. The van der Waals surface area contributed by atoms with Gasteiger partial charge in [0.25, 0.3) is 0 Å². The van der Waals surface area contributed by atoms with Crippen molar-refractivity contribution in [2.75, 3.05) is 6.54 Å². The maximum absolute atomic E-state index is 5.13. The van der Waals surface area contributed by atoms with Gasteiger partial charge in [-0.2, -0.15) is 5.10 Å².